The van der Waals surface area contributed by atoms with Gasteiger partial charge in [0.25, 0.3) is 0 Å². The van der Waals surface area contributed by atoms with Gasteiger partial charge in [-0.2, -0.15) is 0 Å². The van der Waals surface area contributed by atoms with Gasteiger partial charge in [0.1, 0.15) is 18.0 Å². The van der Waals surface area contributed by atoms with Crippen molar-refractivity contribution in [1.82, 2.24) is 4.98 Å². The zero-order valence-electron chi connectivity index (χ0n) is 12.0. The van der Waals surface area contributed by atoms with Crippen LogP contribution in [0.15, 0.2) is 42.6 Å². The third-order valence-electron chi connectivity index (χ3n) is 3.56. The van der Waals surface area contributed by atoms with Crippen molar-refractivity contribution in [3.8, 4) is 17.0 Å². The molecule has 0 amide bonds. The molecule has 122 valence electrons. The van der Waals surface area contributed by atoms with Gasteiger partial charge in [0.15, 0.2) is 5.44 Å². The predicted octanol–water partition coefficient (Wildman–Crippen LogP) is 1.94. The molecule has 4 atom stereocenters. The summed E-state index contributed by atoms with van der Waals surface area (Å²) in [4.78, 5) is 4.27. The van der Waals surface area contributed by atoms with Crippen molar-refractivity contribution in [1.29, 1.82) is 0 Å². The fraction of sp³-hybridized carbons (Fsp3) is 0.312. The van der Waals surface area contributed by atoms with E-state index in [0.717, 1.165) is 11.3 Å². The van der Waals surface area contributed by atoms with E-state index in [0.29, 0.717) is 16.5 Å². The van der Waals surface area contributed by atoms with Crippen LogP contribution in [-0.2, 0) is 0 Å². The molecule has 2 aromatic rings. The van der Waals surface area contributed by atoms with Crippen LogP contribution in [0.1, 0.15) is 0 Å². The van der Waals surface area contributed by atoms with E-state index in [4.69, 9.17) is 16.3 Å². The van der Waals surface area contributed by atoms with Gasteiger partial charge in [-0.25, -0.2) is 0 Å². The van der Waals surface area contributed by atoms with E-state index in [1.165, 1.54) is 11.8 Å². The SMILES string of the molecule is O[C@@H]1[C@@H](O)[C@@H](Oc2cccc(-c3cc(Cl)ccn3)c2)SC[C@H]1O. The van der Waals surface area contributed by atoms with Crippen LogP contribution in [0.25, 0.3) is 11.3 Å². The zero-order valence-corrected chi connectivity index (χ0v) is 13.6. The molecule has 5 nitrogen and oxygen atoms in total. The number of thioether (sulfide) groups is 1. The molecule has 23 heavy (non-hydrogen) atoms. The summed E-state index contributed by atoms with van der Waals surface area (Å²) in [6.45, 7) is 0. The highest BCUT2D eigenvalue weighted by molar-refractivity contribution is 7.99. The fourth-order valence-electron chi connectivity index (χ4n) is 2.31. The molecule has 2 heterocycles. The van der Waals surface area contributed by atoms with Crippen molar-refractivity contribution >= 4 is 23.4 Å². The Kier molecular flexibility index (Phi) is 5.08. The van der Waals surface area contributed by atoms with Crippen molar-refractivity contribution in [2.75, 3.05) is 5.75 Å². The number of aliphatic hydroxyl groups excluding tert-OH is 3. The first-order valence-corrected chi connectivity index (χ1v) is 8.52. The van der Waals surface area contributed by atoms with E-state index in [1.807, 2.05) is 12.1 Å². The summed E-state index contributed by atoms with van der Waals surface area (Å²) >= 11 is 7.24. The third kappa shape index (κ3) is 3.79. The maximum atomic E-state index is 10.0. The minimum atomic E-state index is -1.21. The Hall–Kier alpha value is -1.31. The molecule has 0 unspecified atom stereocenters. The first-order chi connectivity index (χ1) is 11.0. The molecule has 0 saturated carbocycles. The average Bonchev–Trinajstić information content (AvgIpc) is 2.56. The summed E-state index contributed by atoms with van der Waals surface area (Å²) < 4.78 is 5.76. The number of pyridine rings is 1. The van der Waals surface area contributed by atoms with Crippen LogP contribution in [0.4, 0.5) is 0 Å². The van der Waals surface area contributed by atoms with Gasteiger partial charge in [0.2, 0.25) is 0 Å². The van der Waals surface area contributed by atoms with Crippen molar-refractivity contribution in [3.63, 3.8) is 0 Å². The maximum absolute atomic E-state index is 10.0. The van der Waals surface area contributed by atoms with E-state index in [-0.39, 0.29) is 0 Å². The van der Waals surface area contributed by atoms with Gasteiger partial charge in [-0.1, -0.05) is 23.7 Å². The lowest BCUT2D eigenvalue weighted by Gasteiger charge is -2.34. The van der Waals surface area contributed by atoms with Crippen LogP contribution in [0.2, 0.25) is 5.02 Å². The van der Waals surface area contributed by atoms with Crippen LogP contribution in [-0.4, -0.2) is 49.8 Å². The van der Waals surface area contributed by atoms with E-state index >= 15 is 0 Å². The van der Waals surface area contributed by atoms with Gasteiger partial charge in [-0.3, -0.25) is 4.98 Å². The first kappa shape index (κ1) is 16.5. The lowest BCUT2D eigenvalue weighted by Crippen LogP contribution is -2.50. The second-order valence-corrected chi connectivity index (χ2v) is 6.82. The minimum absolute atomic E-state index is 0.304. The molecular formula is C16H16ClNO4S. The molecular weight excluding hydrogens is 338 g/mol. The number of halogens is 1. The number of aliphatic hydroxyl groups is 3. The number of aromatic nitrogens is 1. The van der Waals surface area contributed by atoms with Gasteiger partial charge < -0.3 is 20.1 Å². The highest BCUT2D eigenvalue weighted by Crippen LogP contribution is 2.31. The Morgan fingerprint density at radius 1 is 1.13 bits per heavy atom. The molecule has 1 aliphatic rings. The van der Waals surface area contributed by atoms with Crippen LogP contribution in [0, 0.1) is 0 Å². The highest BCUT2D eigenvalue weighted by Gasteiger charge is 2.38. The molecule has 1 saturated heterocycles. The normalized spacial score (nSPS) is 27.7. The molecule has 0 radical (unpaired) electrons. The Morgan fingerprint density at radius 2 is 1.96 bits per heavy atom. The molecule has 1 aromatic carbocycles. The molecule has 1 aromatic heterocycles. The first-order valence-electron chi connectivity index (χ1n) is 7.09. The van der Waals surface area contributed by atoms with Crippen molar-refractivity contribution in [2.24, 2.45) is 0 Å². The van der Waals surface area contributed by atoms with E-state index in [9.17, 15) is 15.3 Å². The monoisotopic (exact) mass is 353 g/mol. The maximum Gasteiger partial charge on any atom is 0.173 e. The molecule has 0 aliphatic carbocycles. The Labute approximate surface area is 142 Å². The summed E-state index contributed by atoms with van der Waals surface area (Å²) in [5.74, 6) is 0.850. The van der Waals surface area contributed by atoms with E-state index < -0.39 is 23.7 Å². The third-order valence-corrected chi connectivity index (χ3v) is 5.03. The van der Waals surface area contributed by atoms with Crippen molar-refractivity contribution in [3.05, 3.63) is 47.6 Å². The lowest BCUT2D eigenvalue weighted by molar-refractivity contribution is -0.0786. The van der Waals surface area contributed by atoms with E-state index in [2.05, 4.69) is 4.98 Å². The largest absolute Gasteiger partial charge is 0.477 e. The average molecular weight is 354 g/mol. The number of rotatable bonds is 3. The topological polar surface area (TPSA) is 82.8 Å². The zero-order chi connectivity index (χ0) is 16.4. The Morgan fingerprint density at radius 3 is 2.74 bits per heavy atom. The molecule has 1 aliphatic heterocycles. The number of benzene rings is 1. The number of hydrogen-bond donors (Lipinski definition) is 3. The van der Waals surface area contributed by atoms with E-state index in [1.54, 1.807) is 30.5 Å². The minimum Gasteiger partial charge on any atom is -0.477 e. The fourth-order valence-corrected chi connectivity index (χ4v) is 3.59. The molecule has 3 rings (SSSR count). The standard InChI is InChI=1S/C16H16ClNO4S/c17-10-4-5-18-12(7-10)9-2-1-3-11(6-9)22-16-15(21)14(20)13(19)8-23-16/h1-7,13-16,19-21H,8H2/t13-,14+,15-,16+/m1/s1. The number of hydrogen-bond acceptors (Lipinski definition) is 6. The van der Waals surface area contributed by atoms with Gasteiger partial charge >= 0.3 is 0 Å². The second-order valence-electron chi connectivity index (χ2n) is 5.26. The summed E-state index contributed by atoms with van der Waals surface area (Å²) in [5, 5.41) is 29.9. The van der Waals surface area contributed by atoms with Gasteiger partial charge in [-0.15, -0.1) is 11.8 Å². The lowest BCUT2D eigenvalue weighted by atomic mass is 10.1. The van der Waals surface area contributed by atoms with Crippen molar-refractivity contribution < 1.29 is 20.1 Å². The summed E-state index contributed by atoms with van der Waals surface area (Å²) in [5.41, 5.74) is 0.909. The van der Waals surface area contributed by atoms with Gasteiger partial charge in [0.05, 0.1) is 11.8 Å². The number of nitrogens with zero attached hydrogens (tertiary/aromatic N) is 1. The summed E-state index contributed by atoms with van der Waals surface area (Å²) in [6.07, 6.45) is -1.68. The van der Waals surface area contributed by atoms with Crippen LogP contribution >= 0.6 is 23.4 Å². The Balaban J connectivity index is 1.78. The second kappa shape index (κ2) is 7.07. The molecule has 0 spiro atoms. The van der Waals surface area contributed by atoms with Crippen molar-refractivity contribution in [2.45, 2.75) is 23.7 Å². The van der Waals surface area contributed by atoms with Crippen LogP contribution in [0.3, 0.4) is 0 Å². The highest BCUT2D eigenvalue weighted by atomic mass is 35.5. The molecule has 0 bridgehead atoms. The smallest absolute Gasteiger partial charge is 0.173 e. The summed E-state index contributed by atoms with van der Waals surface area (Å²) in [7, 11) is 0. The predicted molar refractivity (Wildman–Crippen MR) is 89.6 cm³/mol. The van der Waals surface area contributed by atoms with Gasteiger partial charge in [-0.05, 0) is 24.3 Å². The molecule has 1 fully saturated rings. The van der Waals surface area contributed by atoms with Crippen LogP contribution < -0.4 is 4.74 Å². The quantitative estimate of drug-likeness (QED) is 0.782. The molecule has 7 heteroatoms. The van der Waals surface area contributed by atoms with Gasteiger partial charge in [0, 0.05) is 22.5 Å². The summed E-state index contributed by atoms with van der Waals surface area (Å²) in [6, 6.07) is 10.7. The Bertz CT molecular complexity index is 687. The van der Waals surface area contributed by atoms with Crippen LogP contribution in [0.5, 0.6) is 5.75 Å². The molecule has 3 N–H and O–H groups in total. The number of ether oxygens (including phenoxy) is 1.